The minimum atomic E-state index is -0.776. The Hall–Kier alpha value is -2.11. The summed E-state index contributed by atoms with van der Waals surface area (Å²) in [6.07, 6.45) is 73.5. The molecular weight excluding hydrogens is 889 g/mol. The van der Waals surface area contributed by atoms with Crippen LogP contribution in [-0.2, 0) is 28.6 Å². The molecule has 0 fully saturated rings. The van der Waals surface area contributed by atoms with Gasteiger partial charge in [0, 0.05) is 19.3 Å². The van der Waals surface area contributed by atoms with E-state index in [9.17, 15) is 14.4 Å². The largest absolute Gasteiger partial charge is 0.462 e. The van der Waals surface area contributed by atoms with Gasteiger partial charge in [0.15, 0.2) is 6.10 Å². The highest BCUT2D eigenvalue weighted by Gasteiger charge is 2.19. The fourth-order valence-corrected chi connectivity index (χ4v) is 9.78. The Morgan fingerprint density at radius 3 is 0.736 bits per heavy atom. The Morgan fingerprint density at radius 2 is 0.472 bits per heavy atom. The summed E-state index contributed by atoms with van der Waals surface area (Å²) in [5.74, 6) is -0.869. The van der Waals surface area contributed by atoms with Crippen molar-refractivity contribution in [1.82, 2.24) is 0 Å². The van der Waals surface area contributed by atoms with Gasteiger partial charge in [0.1, 0.15) is 13.2 Å². The number of ether oxygens (including phenoxy) is 3. The van der Waals surface area contributed by atoms with Crippen LogP contribution in [0.4, 0.5) is 0 Å². The molecule has 0 saturated carbocycles. The van der Waals surface area contributed by atoms with Crippen molar-refractivity contribution in [2.24, 2.45) is 0 Å². The maximum absolute atomic E-state index is 12.9. The standard InChI is InChI=1S/C66H124O6/c1-4-7-10-13-16-19-22-24-26-28-29-30-31-32-33-34-35-36-37-38-40-41-44-47-50-53-56-59-65(68)71-62-63(61-70-64(67)58-55-52-49-46-43-21-18-15-12-9-6-3)72-66(69)60-57-54-51-48-45-42-39-27-25-23-20-17-14-11-8-5-2/h15,18,27,39,63H,4-14,16-17,19-26,28-38,40-62H2,1-3H3/b18-15-,39-27-. The lowest BCUT2D eigenvalue weighted by atomic mass is 10.0. The smallest absolute Gasteiger partial charge is 0.306 e. The molecule has 6 nitrogen and oxygen atoms in total. The van der Waals surface area contributed by atoms with E-state index < -0.39 is 6.10 Å². The van der Waals surface area contributed by atoms with Gasteiger partial charge in [-0.3, -0.25) is 14.4 Å². The number of hydrogen-bond donors (Lipinski definition) is 0. The molecule has 1 atom stereocenters. The van der Waals surface area contributed by atoms with Gasteiger partial charge in [0.25, 0.3) is 0 Å². The van der Waals surface area contributed by atoms with Crippen molar-refractivity contribution in [2.45, 2.75) is 367 Å². The number of carbonyl (C=O) groups is 3. The lowest BCUT2D eigenvalue weighted by molar-refractivity contribution is -0.167. The second kappa shape index (κ2) is 61.4. The number of allylic oxidation sites excluding steroid dienone is 4. The van der Waals surface area contributed by atoms with E-state index in [-0.39, 0.29) is 31.1 Å². The van der Waals surface area contributed by atoms with Gasteiger partial charge in [0.05, 0.1) is 0 Å². The van der Waals surface area contributed by atoms with Gasteiger partial charge in [0.2, 0.25) is 0 Å². The van der Waals surface area contributed by atoms with Gasteiger partial charge in [-0.1, -0.05) is 302 Å². The van der Waals surface area contributed by atoms with Crippen molar-refractivity contribution in [2.75, 3.05) is 13.2 Å². The van der Waals surface area contributed by atoms with Gasteiger partial charge in [-0.25, -0.2) is 0 Å². The molecule has 72 heavy (non-hydrogen) atoms. The molecule has 0 rings (SSSR count). The topological polar surface area (TPSA) is 78.9 Å². The van der Waals surface area contributed by atoms with Crippen molar-refractivity contribution in [3.63, 3.8) is 0 Å². The highest BCUT2D eigenvalue weighted by Crippen LogP contribution is 2.18. The Balaban J connectivity index is 4.15. The summed E-state index contributed by atoms with van der Waals surface area (Å²) in [4.78, 5) is 38.2. The Morgan fingerprint density at radius 1 is 0.264 bits per heavy atom. The molecule has 0 radical (unpaired) electrons. The molecule has 424 valence electrons. The molecule has 6 heteroatoms. The van der Waals surface area contributed by atoms with Gasteiger partial charge in [-0.15, -0.1) is 0 Å². The van der Waals surface area contributed by atoms with Gasteiger partial charge in [-0.2, -0.15) is 0 Å². The summed E-state index contributed by atoms with van der Waals surface area (Å²) in [6.45, 7) is 6.64. The lowest BCUT2D eigenvalue weighted by Crippen LogP contribution is -2.30. The molecule has 0 saturated heterocycles. The van der Waals surface area contributed by atoms with Crippen LogP contribution in [0, 0.1) is 0 Å². The third kappa shape index (κ3) is 58.8. The quantitative estimate of drug-likeness (QED) is 0.0261. The molecule has 0 aromatic heterocycles. The first-order chi connectivity index (χ1) is 35.5. The minimum Gasteiger partial charge on any atom is -0.462 e. The van der Waals surface area contributed by atoms with Crippen molar-refractivity contribution >= 4 is 17.9 Å². The van der Waals surface area contributed by atoms with Crippen LogP contribution in [0.1, 0.15) is 361 Å². The zero-order valence-electron chi connectivity index (χ0n) is 48.7. The van der Waals surface area contributed by atoms with Crippen molar-refractivity contribution < 1.29 is 28.6 Å². The van der Waals surface area contributed by atoms with E-state index >= 15 is 0 Å². The average Bonchev–Trinajstić information content (AvgIpc) is 3.38. The first-order valence-electron chi connectivity index (χ1n) is 32.3. The zero-order chi connectivity index (χ0) is 52.2. The third-order valence-corrected chi connectivity index (χ3v) is 14.7. The van der Waals surface area contributed by atoms with E-state index in [1.165, 1.54) is 250 Å². The van der Waals surface area contributed by atoms with Crippen LogP contribution in [0.2, 0.25) is 0 Å². The highest BCUT2D eigenvalue weighted by atomic mass is 16.6. The van der Waals surface area contributed by atoms with Crippen LogP contribution in [0.25, 0.3) is 0 Å². The second-order valence-electron chi connectivity index (χ2n) is 22.0. The number of carbonyl (C=O) groups excluding carboxylic acids is 3. The Bertz CT molecular complexity index is 1160. The predicted octanol–water partition coefficient (Wildman–Crippen LogP) is 21.8. The SMILES string of the molecule is CCCC/C=C\CCCCCCCC(=O)OCC(COC(=O)CCCCCCCCCCCCCCCCCCCCCCCCCCCCC)OC(=O)CCCCCCC/C=C\CCCCCCCCC. The van der Waals surface area contributed by atoms with Crippen LogP contribution in [0.3, 0.4) is 0 Å². The first-order valence-corrected chi connectivity index (χ1v) is 32.3. The van der Waals surface area contributed by atoms with E-state index in [0.717, 1.165) is 70.6 Å². The second-order valence-corrected chi connectivity index (χ2v) is 22.0. The van der Waals surface area contributed by atoms with Crippen LogP contribution in [0.15, 0.2) is 24.3 Å². The molecule has 0 aromatic rings. The van der Waals surface area contributed by atoms with Crippen molar-refractivity contribution in [1.29, 1.82) is 0 Å². The number of hydrogen-bond acceptors (Lipinski definition) is 6. The van der Waals surface area contributed by atoms with Gasteiger partial charge in [-0.05, 0) is 64.2 Å². The molecule has 0 bridgehead atoms. The van der Waals surface area contributed by atoms with E-state index in [4.69, 9.17) is 14.2 Å². The first kappa shape index (κ1) is 69.9. The molecule has 0 aliphatic carbocycles. The van der Waals surface area contributed by atoms with E-state index in [1.807, 2.05) is 0 Å². The summed E-state index contributed by atoms with van der Waals surface area (Å²) in [7, 11) is 0. The summed E-state index contributed by atoms with van der Waals surface area (Å²) >= 11 is 0. The van der Waals surface area contributed by atoms with E-state index in [0.29, 0.717) is 19.3 Å². The van der Waals surface area contributed by atoms with Crippen LogP contribution >= 0.6 is 0 Å². The normalized spacial score (nSPS) is 12.1. The number of esters is 3. The van der Waals surface area contributed by atoms with Crippen LogP contribution < -0.4 is 0 Å². The maximum Gasteiger partial charge on any atom is 0.306 e. The van der Waals surface area contributed by atoms with Crippen LogP contribution in [0.5, 0.6) is 0 Å². The zero-order valence-corrected chi connectivity index (χ0v) is 48.7. The Labute approximate surface area is 449 Å². The Kier molecular flexibility index (Phi) is 59.6. The minimum absolute atomic E-state index is 0.0727. The molecule has 0 heterocycles. The predicted molar refractivity (Wildman–Crippen MR) is 312 cm³/mol. The summed E-state index contributed by atoms with van der Waals surface area (Å²) in [6, 6.07) is 0. The molecule has 0 aliphatic heterocycles. The van der Waals surface area contributed by atoms with Crippen molar-refractivity contribution in [3.05, 3.63) is 24.3 Å². The molecular formula is C66H124O6. The van der Waals surface area contributed by atoms with Crippen LogP contribution in [-0.4, -0.2) is 37.2 Å². The van der Waals surface area contributed by atoms with Gasteiger partial charge < -0.3 is 14.2 Å². The summed E-state index contributed by atoms with van der Waals surface area (Å²) < 4.78 is 16.9. The third-order valence-electron chi connectivity index (χ3n) is 14.7. The van der Waals surface area contributed by atoms with Gasteiger partial charge >= 0.3 is 17.9 Å². The average molecular weight is 1010 g/mol. The fraction of sp³-hybridized carbons (Fsp3) is 0.894. The summed E-state index contributed by atoms with van der Waals surface area (Å²) in [5, 5.41) is 0. The molecule has 0 aliphatic rings. The highest BCUT2D eigenvalue weighted by molar-refractivity contribution is 5.71. The monoisotopic (exact) mass is 1010 g/mol. The molecule has 0 amide bonds. The summed E-state index contributed by atoms with van der Waals surface area (Å²) in [5.41, 5.74) is 0. The van der Waals surface area contributed by atoms with E-state index in [1.54, 1.807) is 0 Å². The molecule has 0 aromatic carbocycles. The molecule has 1 unspecified atom stereocenters. The maximum atomic E-state index is 12.9. The number of rotatable bonds is 60. The van der Waals surface area contributed by atoms with E-state index in [2.05, 4.69) is 45.1 Å². The fourth-order valence-electron chi connectivity index (χ4n) is 9.78. The number of unbranched alkanes of at least 4 members (excludes halogenated alkanes) is 45. The molecule has 0 N–H and O–H groups in total. The lowest BCUT2D eigenvalue weighted by Gasteiger charge is -2.18. The molecule has 0 spiro atoms. The van der Waals surface area contributed by atoms with Crippen molar-refractivity contribution in [3.8, 4) is 0 Å².